The topological polar surface area (TPSA) is 46.5 Å². The van der Waals surface area contributed by atoms with Gasteiger partial charge in [-0.15, -0.1) is 0 Å². The fraction of sp³-hybridized carbons (Fsp3) is 0.350. The van der Waals surface area contributed by atoms with Gasteiger partial charge in [-0.2, -0.15) is 0 Å². The molecule has 1 N–H and O–H groups in total. The highest BCUT2D eigenvalue weighted by atomic mass is 16.5. The number of hydrogen-bond donors (Lipinski definition) is 1. The van der Waals surface area contributed by atoms with Crippen molar-refractivity contribution in [3.8, 4) is 5.75 Å². The van der Waals surface area contributed by atoms with Crippen molar-refractivity contribution in [3.63, 3.8) is 0 Å². The Morgan fingerprint density at radius 3 is 2.39 bits per heavy atom. The molecule has 0 saturated heterocycles. The summed E-state index contributed by atoms with van der Waals surface area (Å²) in [5.74, 6) is 0.0453. The van der Waals surface area contributed by atoms with E-state index in [2.05, 4.69) is 26.0 Å². The van der Waals surface area contributed by atoms with Crippen molar-refractivity contribution in [1.82, 2.24) is 0 Å². The molecule has 1 unspecified atom stereocenters. The van der Waals surface area contributed by atoms with Crippen LogP contribution < -0.4 is 4.74 Å². The number of rotatable bonds is 7. The number of carboxylic acids is 1. The van der Waals surface area contributed by atoms with E-state index in [9.17, 15) is 4.79 Å². The second kappa shape index (κ2) is 7.82. The number of hydrogen-bond acceptors (Lipinski definition) is 2. The first-order valence-electron chi connectivity index (χ1n) is 8.01. The molecule has 122 valence electrons. The zero-order chi connectivity index (χ0) is 16.8. The molecule has 0 spiro atoms. The minimum absolute atomic E-state index is 0.0243. The van der Waals surface area contributed by atoms with Gasteiger partial charge in [0.05, 0.1) is 6.42 Å². The molecule has 0 aliphatic rings. The summed E-state index contributed by atoms with van der Waals surface area (Å²) < 4.78 is 5.95. The van der Waals surface area contributed by atoms with E-state index < -0.39 is 5.97 Å². The van der Waals surface area contributed by atoms with Crippen molar-refractivity contribution in [1.29, 1.82) is 0 Å². The van der Waals surface area contributed by atoms with Crippen LogP contribution in [0.3, 0.4) is 0 Å². The second-order valence-corrected chi connectivity index (χ2v) is 5.93. The number of benzene rings is 2. The van der Waals surface area contributed by atoms with Gasteiger partial charge in [0.25, 0.3) is 0 Å². The van der Waals surface area contributed by atoms with Gasteiger partial charge in [0.15, 0.2) is 0 Å². The molecule has 3 heteroatoms. The number of aryl methyl sites for hydroxylation is 2. The first-order valence-corrected chi connectivity index (χ1v) is 8.01. The molecule has 0 radical (unpaired) electrons. The van der Waals surface area contributed by atoms with E-state index in [0.29, 0.717) is 6.61 Å². The standard InChI is InChI=1S/C20H24O3/c1-4-16(12-20(21)22)17-9-6-10-18(11-17)23-13-19-14(2)7-5-8-15(19)3/h5-11,16H,4,12-13H2,1-3H3,(H,21,22). The van der Waals surface area contributed by atoms with Gasteiger partial charge < -0.3 is 9.84 Å². The van der Waals surface area contributed by atoms with Crippen molar-refractivity contribution in [2.24, 2.45) is 0 Å². The van der Waals surface area contributed by atoms with E-state index in [-0.39, 0.29) is 12.3 Å². The summed E-state index contributed by atoms with van der Waals surface area (Å²) >= 11 is 0. The third-order valence-corrected chi connectivity index (χ3v) is 4.27. The maximum Gasteiger partial charge on any atom is 0.303 e. The molecule has 0 aromatic heterocycles. The van der Waals surface area contributed by atoms with E-state index in [1.165, 1.54) is 16.7 Å². The third kappa shape index (κ3) is 4.59. The summed E-state index contributed by atoms with van der Waals surface area (Å²) in [7, 11) is 0. The fourth-order valence-electron chi connectivity index (χ4n) is 2.80. The van der Waals surface area contributed by atoms with Gasteiger partial charge in [0.2, 0.25) is 0 Å². The zero-order valence-electron chi connectivity index (χ0n) is 14.0. The highest BCUT2D eigenvalue weighted by Crippen LogP contribution is 2.27. The molecule has 0 saturated carbocycles. The Morgan fingerprint density at radius 2 is 1.78 bits per heavy atom. The summed E-state index contributed by atoms with van der Waals surface area (Å²) in [5.41, 5.74) is 4.67. The smallest absolute Gasteiger partial charge is 0.303 e. The van der Waals surface area contributed by atoms with E-state index in [1.807, 2.05) is 37.3 Å². The Morgan fingerprint density at radius 1 is 1.13 bits per heavy atom. The summed E-state index contributed by atoms with van der Waals surface area (Å²) in [5, 5.41) is 9.03. The van der Waals surface area contributed by atoms with E-state index >= 15 is 0 Å². The second-order valence-electron chi connectivity index (χ2n) is 5.93. The molecule has 0 amide bonds. The van der Waals surface area contributed by atoms with Crippen LogP contribution >= 0.6 is 0 Å². The Hall–Kier alpha value is -2.29. The molecule has 2 aromatic rings. The average molecular weight is 312 g/mol. The van der Waals surface area contributed by atoms with Crippen LogP contribution in [0.4, 0.5) is 0 Å². The molecular weight excluding hydrogens is 288 g/mol. The van der Waals surface area contributed by atoms with Crippen LogP contribution in [-0.4, -0.2) is 11.1 Å². The summed E-state index contributed by atoms with van der Waals surface area (Å²) in [6, 6.07) is 14.0. The minimum Gasteiger partial charge on any atom is -0.489 e. The zero-order valence-corrected chi connectivity index (χ0v) is 14.0. The lowest BCUT2D eigenvalue weighted by atomic mass is 9.93. The van der Waals surface area contributed by atoms with Crippen LogP contribution in [0.5, 0.6) is 5.75 Å². The lowest BCUT2D eigenvalue weighted by molar-refractivity contribution is -0.137. The predicted molar refractivity (Wildman–Crippen MR) is 92.0 cm³/mol. The molecule has 23 heavy (non-hydrogen) atoms. The van der Waals surface area contributed by atoms with Crippen molar-refractivity contribution in [2.45, 2.75) is 46.1 Å². The quantitative estimate of drug-likeness (QED) is 0.795. The van der Waals surface area contributed by atoms with Crippen LogP contribution in [0.2, 0.25) is 0 Å². The molecule has 0 fully saturated rings. The van der Waals surface area contributed by atoms with Crippen molar-refractivity contribution < 1.29 is 14.6 Å². The van der Waals surface area contributed by atoms with E-state index in [0.717, 1.165) is 17.7 Å². The minimum atomic E-state index is -0.765. The third-order valence-electron chi connectivity index (χ3n) is 4.27. The molecule has 0 aliphatic heterocycles. The van der Waals surface area contributed by atoms with Crippen molar-refractivity contribution in [3.05, 3.63) is 64.7 Å². The maximum absolute atomic E-state index is 11.0. The highest BCUT2D eigenvalue weighted by Gasteiger charge is 2.14. The van der Waals surface area contributed by atoms with Crippen LogP contribution in [-0.2, 0) is 11.4 Å². The summed E-state index contributed by atoms with van der Waals surface area (Å²) in [4.78, 5) is 11.0. The molecule has 1 atom stereocenters. The van der Waals surface area contributed by atoms with Crippen LogP contribution in [0.15, 0.2) is 42.5 Å². The highest BCUT2D eigenvalue weighted by molar-refractivity contribution is 5.68. The predicted octanol–water partition coefficient (Wildman–Crippen LogP) is 4.85. The van der Waals surface area contributed by atoms with Crippen molar-refractivity contribution >= 4 is 5.97 Å². The van der Waals surface area contributed by atoms with Gasteiger partial charge in [0, 0.05) is 0 Å². The first kappa shape index (κ1) is 17.1. The molecular formula is C20H24O3. The van der Waals surface area contributed by atoms with Crippen LogP contribution in [0.1, 0.15) is 47.9 Å². The average Bonchev–Trinajstić information content (AvgIpc) is 2.52. The van der Waals surface area contributed by atoms with E-state index in [4.69, 9.17) is 9.84 Å². The largest absolute Gasteiger partial charge is 0.489 e. The van der Waals surface area contributed by atoms with Gasteiger partial charge in [-0.1, -0.05) is 37.3 Å². The van der Waals surface area contributed by atoms with E-state index in [1.54, 1.807) is 0 Å². The monoisotopic (exact) mass is 312 g/mol. The molecule has 2 aromatic carbocycles. The summed E-state index contributed by atoms with van der Waals surface area (Å²) in [6.45, 7) is 6.71. The summed E-state index contributed by atoms with van der Waals surface area (Å²) in [6.07, 6.45) is 0.948. The maximum atomic E-state index is 11.0. The number of carbonyl (C=O) groups is 1. The molecule has 2 rings (SSSR count). The molecule has 0 bridgehead atoms. The normalized spacial score (nSPS) is 12.0. The van der Waals surface area contributed by atoms with Gasteiger partial charge in [-0.05, 0) is 60.6 Å². The Balaban J connectivity index is 2.12. The molecule has 0 aliphatic carbocycles. The SMILES string of the molecule is CCC(CC(=O)O)c1cccc(OCc2c(C)cccc2C)c1. The molecule has 3 nitrogen and oxygen atoms in total. The number of aliphatic carboxylic acids is 1. The number of carboxylic acid groups (broad SMARTS) is 1. The van der Waals surface area contributed by atoms with Gasteiger partial charge in [0.1, 0.15) is 12.4 Å². The fourth-order valence-corrected chi connectivity index (χ4v) is 2.80. The Kier molecular flexibility index (Phi) is 5.80. The van der Waals surface area contributed by atoms with Gasteiger partial charge in [-0.25, -0.2) is 0 Å². The lowest BCUT2D eigenvalue weighted by Crippen LogP contribution is -2.06. The van der Waals surface area contributed by atoms with Crippen LogP contribution in [0, 0.1) is 13.8 Å². The Bertz CT molecular complexity index is 656. The first-order chi connectivity index (χ1) is 11.0. The van der Waals surface area contributed by atoms with Crippen LogP contribution in [0.25, 0.3) is 0 Å². The molecule has 0 heterocycles. The lowest BCUT2D eigenvalue weighted by Gasteiger charge is -2.15. The number of ether oxygens (including phenoxy) is 1. The van der Waals surface area contributed by atoms with Crippen molar-refractivity contribution in [2.75, 3.05) is 0 Å². The Labute approximate surface area is 137 Å². The van der Waals surface area contributed by atoms with Gasteiger partial charge in [-0.3, -0.25) is 4.79 Å². The van der Waals surface area contributed by atoms with Gasteiger partial charge >= 0.3 is 5.97 Å².